The Labute approximate surface area is 165 Å². The predicted octanol–water partition coefficient (Wildman–Crippen LogP) is 6.02. The van der Waals surface area contributed by atoms with Gasteiger partial charge >= 0.3 is 0 Å². The van der Waals surface area contributed by atoms with Gasteiger partial charge in [0.15, 0.2) is 0 Å². The molecule has 0 saturated heterocycles. The maximum atomic E-state index is 9.67. The molecule has 0 amide bonds. The third kappa shape index (κ3) is 2.59. The summed E-state index contributed by atoms with van der Waals surface area (Å²) in [6, 6.07) is 16.8. The van der Waals surface area contributed by atoms with Gasteiger partial charge in [-0.3, -0.25) is 0 Å². The van der Waals surface area contributed by atoms with Crippen LogP contribution in [0.25, 0.3) is 10.8 Å². The first-order chi connectivity index (χ1) is 12.5. The summed E-state index contributed by atoms with van der Waals surface area (Å²) >= 11 is 18.7. The van der Waals surface area contributed by atoms with Crippen LogP contribution in [0.1, 0.15) is 17.0 Å². The van der Waals surface area contributed by atoms with Crippen molar-refractivity contribution in [3.05, 3.63) is 86.2 Å². The van der Waals surface area contributed by atoms with E-state index in [1.807, 2.05) is 36.4 Å². The molecule has 2 N–H and O–H groups in total. The van der Waals surface area contributed by atoms with Crippen LogP contribution in [0.15, 0.2) is 60.0 Å². The quantitative estimate of drug-likeness (QED) is 0.542. The molecular formula is C20H11Cl3N2O. The molecule has 1 unspecified atom stereocenters. The average molecular weight is 402 g/mol. The van der Waals surface area contributed by atoms with Crippen LogP contribution in [-0.2, 0) is 0 Å². The second-order valence-electron chi connectivity index (χ2n) is 5.92. The van der Waals surface area contributed by atoms with E-state index < -0.39 is 5.92 Å². The highest BCUT2D eigenvalue weighted by atomic mass is 35.5. The van der Waals surface area contributed by atoms with E-state index >= 15 is 0 Å². The number of hydrogen-bond acceptors (Lipinski definition) is 3. The van der Waals surface area contributed by atoms with E-state index in [2.05, 4.69) is 6.07 Å². The van der Waals surface area contributed by atoms with Crippen LogP contribution < -0.4 is 10.5 Å². The molecule has 0 fully saturated rings. The second-order valence-corrected chi connectivity index (χ2v) is 7.14. The standard InChI is InChI=1S/C20H11Cl3N2O/c21-15-6-5-10(7-17(15)23)18-13-8-16(22)11-3-1-2-4-12(11)19(13)26-20(25)14(18)9-24/h1-8,18H,25H2. The van der Waals surface area contributed by atoms with Crippen LogP contribution >= 0.6 is 34.8 Å². The Morgan fingerprint density at radius 1 is 0.923 bits per heavy atom. The van der Waals surface area contributed by atoms with Crippen molar-refractivity contribution >= 4 is 45.6 Å². The SMILES string of the molecule is N#CC1=C(N)Oc2c(cc(Cl)c3ccccc23)C1c1ccc(Cl)c(Cl)c1. The van der Waals surface area contributed by atoms with Crippen molar-refractivity contribution < 1.29 is 4.74 Å². The molecule has 0 bridgehead atoms. The van der Waals surface area contributed by atoms with Gasteiger partial charge in [0, 0.05) is 21.4 Å². The van der Waals surface area contributed by atoms with Crippen molar-refractivity contribution in [2.75, 3.05) is 0 Å². The van der Waals surface area contributed by atoms with Gasteiger partial charge in [-0.2, -0.15) is 5.26 Å². The van der Waals surface area contributed by atoms with Crippen LogP contribution in [0, 0.1) is 11.3 Å². The Morgan fingerprint density at radius 3 is 2.35 bits per heavy atom. The minimum Gasteiger partial charge on any atom is -0.440 e. The summed E-state index contributed by atoms with van der Waals surface area (Å²) in [6.45, 7) is 0. The van der Waals surface area contributed by atoms with Gasteiger partial charge in [-0.15, -0.1) is 0 Å². The smallest absolute Gasteiger partial charge is 0.205 e. The van der Waals surface area contributed by atoms with E-state index in [-0.39, 0.29) is 5.88 Å². The number of nitrogens with zero attached hydrogens (tertiary/aromatic N) is 1. The van der Waals surface area contributed by atoms with Crippen molar-refractivity contribution in [2.45, 2.75) is 5.92 Å². The summed E-state index contributed by atoms with van der Waals surface area (Å²) in [5.74, 6) is 0.224. The zero-order valence-electron chi connectivity index (χ0n) is 13.3. The minimum absolute atomic E-state index is 0.0727. The molecule has 1 heterocycles. The van der Waals surface area contributed by atoms with Gasteiger partial charge in [0.2, 0.25) is 5.88 Å². The van der Waals surface area contributed by atoms with E-state index in [0.717, 1.165) is 21.9 Å². The fraction of sp³-hybridized carbons (Fsp3) is 0.0500. The fourth-order valence-corrected chi connectivity index (χ4v) is 3.86. The Kier molecular flexibility index (Phi) is 4.20. The Morgan fingerprint density at radius 2 is 1.65 bits per heavy atom. The monoisotopic (exact) mass is 400 g/mol. The second kappa shape index (κ2) is 6.41. The predicted molar refractivity (Wildman–Crippen MR) is 105 cm³/mol. The number of allylic oxidation sites excluding steroid dienone is 1. The fourth-order valence-electron chi connectivity index (χ4n) is 3.27. The van der Waals surface area contributed by atoms with Gasteiger partial charge in [-0.25, -0.2) is 0 Å². The van der Waals surface area contributed by atoms with E-state index in [1.165, 1.54) is 0 Å². The number of benzene rings is 3. The van der Waals surface area contributed by atoms with Crippen molar-refractivity contribution in [1.29, 1.82) is 5.26 Å². The Hall–Kier alpha value is -2.38. The summed E-state index contributed by atoms with van der Waals surface area (Å²) in [6.07, 6.45) is 0. The molecule has 128 valence electrons. The molecule has 26 heavy (non-hydrogen) atoms. The number of hydrogen-bond donors (Lipinski definition) is 1. The summed E-state index contributed by atoms with van der Waals surface area (Å²) in [7, 11) is 0. The van der Waals surface area contributed by atoms with E-state index in [4.69, 9.17) is 45.3 Å². The molecule has 6 heteroatoms. The van der Waals surface area contributed by atoms with Crippen molar-refractivity contribution in [3.63, 3.8) is 0 Å². The van der Waals surface area contributed by atoms with E-state index in [1.54, 1.807) is 12.1 Å². The summed E-state index contributed by atoms with van der Waals surface area (Å²) in [4.78, 5) is 0. The van der Waals surface area contributed by atoms with Gasteiger partial charge in [-0.1, -0.05) is 65.1 Å². The Bertz CT molecular complexity index is 1130. The van der Waals surface area contributed by atoms with Gasteiger partial charge in [0.1, 0.15) is 17.4 Å². The highest BCUT2D eigenvalue weighted by Crippen LogP contribution is 2.47. The molecule has 4 rings (SSSR count). The van der Waals surface area contributed by atoms with Gasteiger partial charge < -0.3 is 10.5 Å². The largest absolute Gasteiger partial charge is 0.440 e. The molecule has 3 nitrogen and oxygen atoms in total. The third-order valence-electron chi connectivity index (χ3n) is 4.45. The zero-order chi connectivity index (χ0) is 18.4. The van der Waals surface area contributed by atoms with Gasteiger partial charge in [0.25, 0.3) is 0 Å². The molecular weight excluding hydrogens is 391 g/mol. The summed E-state index contributed by atoms with van der Waals surface area (Å²) in [5, 5.41) is 12.8. The summed E-state index contributed by atoms with van der Waals surface area (Å²) < 4.78 is 5.83. The molecule has 3 aromatic rings. The lowest BCUT2D eigenvalue weighted by Crippen LogP contribution is -2.21. The first-order valence-electron chi connectivity index (χ1n) is 7.75. The van der Waals surface area contributed by atoms with E-state index in [0.29, 0.717) is 26.4 Å². The maximum Gasteiger partial charge on any atom is 0.205 e. The summed E-state index contributed by atoms with van der Waals surface area (Å²) in [5.41, 5.74) is 7.93. The van der Waals surface area contributed by atoms with Crippen molar-refractivity contribution in [3.8, 4) is 11.8 Å². The van der Waals surface area contributed by atoms with Crippen LogP contribution in [0.3, 0.4) is 0 Å². The minimum atomic E-state index is -0.444. The molecule has 0 saturated carbocycles. The molecule has 0 aliphatic carbocycles. The highest BCUT2D eigenvalue weighted by Gasteiger charge is 2.32. The zero-order valence-corrected chi connectivity index (χ0v) is 15.5. The lowest BCUT2D eigenvalue weighted by molar-refractivity contribution is 0.398. The number of nitriles is 1. The molecule has 1 aliphatic heterocycles. The molecule has 0 radical (unpaired) electrons. The molecule has 1 aliphatic rings. The van der Waals surface area contributed by atoms with Crippen LogP contribution in [0.2, 0.25) is 15.1 Å². The number of ether oxygens (including phenoxy) is 1. The third-order valence-corrected chi connectivity index (χ3v) is 5.50. The Balaban J connectivity index is 2.05. The molecule has 0 aromatic heterocycles. The lowest BCUT2D eigenvalue weighted by atomic mass is 9.82. The first-order valence-corrected chi connectivity index (χ1v) is 8.88. The van der Waals surface area contributed by atoms with Crippen LogP contribution in [0.5, 0.6) is 5.75 Å². The highest BCUT2D eigenvalue weighted by molar-refractivity contribution is 6.42. The number of nitrogens with two attached hydrogens (primary N) is 1. The molecule has 1 atom stereocenters. The van der Waals surface area contributed by atoms with Crippen molar-refractivity contribution in [2.24, 2.45) is 5.73 Å². The first kappa shape index (κ1) is 17.1. The number of rotatable bonds is 1. The van der Waals surface area contributed by atoms with Crippen LogP contribution in [-0.4, -0.2) is 0 Å². The normalized spacial score (nSPS) is 16.2. The van der Waals surface area contributed by atoms with Crippen molar-refractivity contribution in [1.82, 2.24) is 0 Å². The van der Waals surface area contributed by atoms with Crippen LogP contribution in [0.4, 0.5) is 0 Å². The number of fused-ring (bicyclic) bond motifs is 3. The van der Waals surface area contributed by atoms with E-state index in [9.17, 15) is 5.26 Å². The number of halogens is 3. The lowest BCUT2D eigenvalue weighted by Gasteiger charge is -2.28. The molecule has 0 spiro atoms. The van der Waals surface area contributed by atoms with Gasteiger partial charge in [-0.05, 0) is 23.8 Å². The topological polar surface area (TPSA) is 59.0 Å². The average Bonchev–Trinajstić information content (AvgIpc) is 2.64. The van der Waals surface area contributed by atoms with Gasteiger partial charge in [0.05, 0.1) is 16.0 Å². The molecule has 3 aromatic carbocycles. The maximum absolute atomic E-state index is 9.67.